The van der Waals surface area contributed by atoms with Gasteiger partial charge < -0.3 is 14.1 Å². The normalized spacial score (nSPS) is 10.9. The zero-order chi connectivity index (χ0) is 20.3. The van der Waals surface area contributed by atoms with Gasteiger partial charge in [0, 0.05) is 41.7 Å². The maximum atomic E-state index is 13.9. The monoisotopic (exact) mass is 403 g/mol. The minimum absolute atomic E-state index is 0.0279. The van der Waals surface area contributed by atoms with Gasteiger partial charge in [-0.15, -0.1) is 0 Å². The average Bonchev–Trinajstić information content (AvgIpc) is 2.67. The number of hydrogen-bond donors (Lipinski definition) is 0. The van der Waals surface area contributed by atoms with Gasteiger partial charge in [0.05, 0.1) is 0 Å². The molecular formula is C21H19ClFNO4. The van der Waals surface area contributed by atoms with E-state index >= 15 is 0 Å². The predicted octanol–water partition coefficient (Wildman–Crippen LogP) is 4.19. The minimum Gasteiger partial charge on any atom is -0.484 e. The van der Waals surface area contributed by atoms with Crippen LogP contribution >= 0.6 is 11.6 Å². The molecule has 0 aliphatic carbocycles. The van der Waals surface area contributed by atoms with Gasteiger partial charge in [0.2, 0.25) is 0 Å². The molecular weight excluding hydrogens is 385 g/mol. The molecule has 146 valence electrons. The fraction of sp³-hybridized carbons (Fsp3) is 0.238. The molecule has 0 saturated carbocycles. The average molecular weight is 404 g/mol. The Morgan fingerprint density at radius 1 is 1.25 bits per heavy atom. The molecule has 5 nitrogen and oxygen atoms in total. The number of halogens is 2. The minimum atomic E-state index is -0.468. The molecule has 28 heavy (non-hydrogen) atoms. The van der Waals surface area contributed by atoms with Crippen LogP contribution in [0.15, 0.2) is 51.7 Å². The number of rotatable bonds is 6. The van der Waals surface area contributed by atoms with Crippen LogP contribution in [-0.4, -0.2) is 24.5 Å². The molecule has 2 aromatic carbocycles. The van der Waals surface area contributed by atoms with Crippen LogP contribution in [0.1, 0.15) is 18.1 Å². The van der Waals surface area contributed by atoms with E-state index in [0.717, 1.165) is 10.9 Å². The third kappa shape index (κ3) is 4.34. The highest BCUT2D eigenvalue weighted by molar-refractivity contribution is 6.31. The van der Waals surface area contributed by atoms with E-state index in [2.05, 4.69) is 0 Å². The van der Waals surface area contributed by atoms with E-state index in [1.54, 1.807) is 31.3 Å². The number of carbonyl (C=O) groups excluding carboxylic acids is 1. The van der Waals surface area contributed by atoms with Crippen molar-refractivity contribution in [3.05, 3.63) is 74.9 Å². The number of likely N-dealkylation sites (N-methyl/N-ethyl adjacent to an activating group) is 1. The summed E-state index contributed by atoms with van der Waals surface area (Å²) in [5, 5.41) is 1.09. The van der Waals surface area contributed by atoms with Crippen LogP contribution in [0.2, 0.25) is 5.02 Å². The molecule has 0 N–H and O–H groups in total. The van der Waals surface area contributed by atoms with Crippen molar-refractivity contribution in [2.45, 2.75) is 19.9 Å². The van der Waals surface area contributed by atoms with Crippen molar-refractivity contribution < 1.29 is 18.3 Å². The molecule has 0 atom stereocenters. The lowest BCUT2D eigenvalue weighted by Gasteiger charge is -2.18. The lowest BCUT2D eigenvalue weighted by molar-refractivity contribution is -0.132. The fourth-order valence-electron chi connectivity index (χ4n) is 2.86. The number of hydrogen-bond acceptors (Lipinski definition) is 4. The number of ether oxygens (including phenoxy) is 1. The van der Waals surface area contributed by atoms with Crippen molar-refractivity contribution in [2.75, 3.05) is 13.7 Å². The molecule has 0 aliphatic heterocycles. The lowest BCUT2D eigenvalue weighted by Crippen LogP contribution is -2.31. The third-order valence-electron chi connectivity index (χ3n) is 4.43. The molecule has 0 saturated heterocycles. The molecule has 0 spiro atoms. The lowest BCUT2D eigenvalue weighted by atomic mass is 10.1. The molecule has 0 unspecified atom stereocenters. The summed E-state index contributed by atoms with van der Waals surface area (Å²) in [6, 6.07) is 10.9. The number of carbonyl (C=O) groups is 1. The topological polar surface area (TPSA) is 59.8 Å². The molecule has 1 aromatic heterocycles. The van der Waals surface area contributed by atoms with Gasteiger partial charge in [-0.2, -0.15) is 0 Å². The second-order valence-corrected chi connectivity index (χ2v) is 6.75. The van der Waals surface area contributed by atoms with Crippen molar-refractivity contribution in [1.29, 1.82) is 0 Å². The van der Waals surface area contributed by atoms with Crippen LogP contribution < -0.4 is 10.4 Å². The Morgan fingerprint density at radius 3 is 2.75 bits per heavy atom. The Balaban J connectivity index is 1.69. The van der Waals surface area contributed by atoms with Crippen molar-refractivity contribution in [3.63, 3.8) is 0 Å². The van der Waals surface area contributed by atoms with Crippen molar-refractivity contribution in [3.8, 4) is 5.75 Å². The molecule has 3 rings (SSSR count). The van der Waals surface area contributed by atoms with Gasteiger partial charge in [-0.25, -0.2) is 9.18 Å². The molecule has 1 heterocycles. The van der Waals surface area contributed by atoms with Crippen LogP contribution in [0.25, 0.3) is 11.0 Å². The molecule has 0 bridgehead atoms. The third-order valence-corrected chi connectivity index (χ3v) is 4.78. The summed E-state index contributed by atoms with van der Waals surface area (Å²) in [4.78, 5) is 25.3. The van der Waals surface area contributed by atoms with E-state index in [0.29, 0.717) is 17.8 Å². The van der Waals surface area contributed by atoms with Crippen LogP contribution in [0.4, 0.5) is 4.39 Å². The second kappa shape index (κ2) is 8.44. The van der Waals surface area contributed by atoms with Gasteiger partial charge in [-0.05, 0) is 36.2 Å². The van der Waals surface area contributed by atoms with Crippen LogP contribution in [-0.2, 0) is 17.8 Å². The van der Waals surface area contributed by atoms with E-state index in [4.69, 9.17) is 20.8 Å². The largest absolute Gasteiger partial charge is 0.484 e. The van der Waals surface area contributed by atoms with E-state index in [1.165, 1.54) is 23.1 Å². The van der Waals surface area contributed by atoms with Crippen LogP contribution in [0, 0.1) is 5.82 Å². The molecule has 1 amide bonds. The Labute approximate surface area is 166 Å². The molecule has 7 heteroatoms. The van der Waals surface area contributed by atoms with Gasteiger partial charge in [-0.3, -0.25) is 4.79 Å². The molecule has 0 radical (unpaired) electrons. The van der Waals surface area contributed by atoms with Gasteiger partial charge in [0.25, 0.3) is 5.91 Å². The highest BCUT2D eigenvalue weighted by Crippen LogP contribution is 2.23. The van der Waals surface area contributed by atoms with Gasteiger partial charge in [0.15, 0.2) is 6.61 Å². The standard InChI is InChI=1S/C21H19ClFNO4/c1-3-13-9-21(26)28-19-10-14(7-8-15(13)19)27-12-20(25)24(2)11-16-17(22)5-4-6-18(16)23/h4-10H,3,11-12H2,1-2H3. The first-order valence-corrected chi connectivity index (χ1v) is 9.13. The Bertz CT molecular complexity index is 1060. The van der Waals surface area contributed by atoms with Crippen LogP contribution in [0.3, 0.4) is 0 Å². The van der Waals surface area contributed by atoms with Gasteiger partial charge in [-0.1, -0.05) is 24.6 Å². The number of benzene rings is 2. The number of nitrogens with zero attached hydrogens (tertiary/aromatic N) is 1. The van der Waals surface area contributed by atoms with E-state index < -0.39 is 11.4 Å². The summed E-state index contributed by atoms with van der Waals surface area (Å²) in [6.45, 7) is 1.74. The smallest absolute Gasteiger partial charge is 0.336 e. The van der Waals surface area contributed by atoms with Crippen LogP contribution in [0.5, 0.6) is 5.75 Å². The fourth-order valence-corrected chi connectivity index (χ4v) is 3.08. The van der Waals surface area contributed by atoms with Crippen molar-refractivity contribution >= 4 is 28.5 Å². The first kappa shape index (κ1) is 19.9. The summed E-state index contributed by atoms with van der Waals surface area (Å²) in [5.74, 6) is -0.415. The zero-order valence-electron chi connectivity index (χ0n) is 15.5. The van der Waals surface area contributed by atoms with E-state index in [1.807, 2.05) is 6.92 Å². The summed E-state index contributed by atoms with van der Waals surface area (Å²) < 4.78 is 24.6. The zero-order valence-corrected chi connectivity index (χ0v) is 16.3. The van der Waals surface area contributed by atoms with Gasteiger partial charge in [0.1, 0.15) is 17.1 Å². The molecule has 3 aromatic rings. The Morgan fingerprint density at radius 2 is 2.04 bits per heavy atom. The number of amides is 1. The van der Waals surface area contributed by atoms with Gasteiger partial charge >= 0.3 is 5.63 Å². The quantitative estimate of drug-likeness (QED) is 0.579. The first-order chi connectivity index (χ1) is 13.4. The van der Waals surface area contributed by atoms with E-state index in [9.17, 15) is 14.0 Å². The summed E-state index contributed by atoms with van der Waals surface area (Å²) in [5.41, 5.74) is 1.11. The number of aryl methyl sites for hydroxylation is 1. The molecule has 0 fully saturated rings. The maximum absolute atomic E-state index is 13.9. The number of fused-ring (bicyclic) bond motifs is 1. The predicted molar refractivity (Wildman–Crippen MR) is 105 cm³/mol. The van der Waals surface area contributed by atoms with Crippen molar-refractivity contribution in [2.24, 2.45) is 0 Å². The maximum Gasteiger partial charge on any atom is 0.336 e. The second-order valence-electron chi connectivity index (χ2n) is 6.34. The Kier molecular flexibility index (Phi) is 5.99. The highest BCUT2D eigenvalue weighted by atomic mass is 35.5. The molecule has 0 aliphatic rings. The Hall–Kier alpha value is -2.86. The summed E-state index contributed by atoms with van der Waals surface area (Å²) in [7, 11) is 1.54. The highest BCUT2D eigenvalue weighted by Gasteiger charge is 2.15. The summed E-state index contributed by atoms with van der Waals surface area (Å²) >= 11 is 6.00. The first-order valence-electron chi connectivity index (χ1n) is 8.75. The SMILES string of the molecule is CCc1cc(=O)oc2cc(OCC(=O)N(C)Cc3c(F)cccc3Cl)ccc12. The summed E-state index contributed by atoms with van der Waals surface area (Å²) in [6.07, 6.45) is 0.699. The van der Waals surface area contributed by atoms with Crippen molar-refractivity contribution in [1.82, 2.24) is 4.90 Å². The van der Waals surface area contributed by atoms with E-state index in [-0.39, 0.29) is 29.6 Å².